The highest BCUT2D eigenvalue weighted by molar-refractivity contribution is 5.88. The summed E-state index contributed by atoms with van der Waals surface area (Å²) in [6, 6.07) is 19.5. The Morgan fingerprint density at radius 3 is 2.00 bits per heavy atom. The number of hydrogen-bond acceptors (Lipinski definition) is 7. The van der Waals surface area contributed by atoms with E-state index in [1.54, 1.807) is 37.8 Å². The quantitative estimate of drug-likeness (QED) is 0.227. The number of nitro benzene ring substituents is 1. The molecule has 0 bridgehead atoms. The molecule has 222 valence electrons. The molecule has 0 fully saturated rings. The molecule has 0 radical (unpaired) electrons. The number of fused-ring (bicyclic) bond motifs is 1. The first-order valence-electron chi connectivity index (χ1n) is 13.8. The number of amides is 2. The first kappa shape index (κ1) is 30.4. The van der Waals surface area contributed by atoms with E-state index in [-0.39, 0.29) is 29.3 Å². The second-order valence-electron chi connectivity index (χ2n) is 12.2. The monoisotopic (exact) mass is 575 g/mol. The van der Waals surface area contributed by atoms with Gasteiger partial charge in [0.05, 0.1) is 11.0 Å². The predicted molar refractivity (Wildman–Crippen MR) is 159 cm³/mol. The van der Waals surface area contributed by atoms with Gasteiger partial charge in [-0.1, -0.05) is 36.4 Å². The average Bonchev–Trinajstić information content (AvgIpc) is 3.30. The van der Waals surface area contributed by atoms with Gasteiger partial charge in [-0.05, 0) is 95.3 Å². The number of hydrogen-bond donors (Lipinski definition) is 1. The maximum absolute atomic E-state index is 13.2. The summed E-state index contributed by atoms with van der Waals surface area (Å²) >= 11 is 0. The van der Waals surface area contributed by atoms with E-state index >= 15 is 0 Å². The molecule has 0 saturated carbocycles. The summed E-state index contributed by atoms with van der Waals surface area (Å²) in [5.74, 6) is 0.682. The number of ether oxygens (including phenoxy) is 3. The largest absolute Gasteiger partial charge is 0.457 e. The highest BCUT2D eigenvalue weighted by Gasteiger charge is 2.33. The molecular formula is C32H37N3O7. The molecule has 0 aliphatic heterocycles. The highest BCUT2D eigenvalue weighted by Crippen LogP contribution is 2.33. The summed E-state index contributed by atoms with van der Waals surface area (Å²) in [5.41, 5.74) is 1.64. The van der Waals surface area contributed by atoms with E-state index in [0.717, 1.165) is 18.4 Å². The normalized spacial score (nSPS) is 13.2. The van der Waals surface area contributed by atoms with Gasteiger partial charge in [0.2, 0.25) is 0 Å². The van der Waals surface area contributed by atoms with Gasteiger partial charge in [0.15, 0.2) is 0 Å². The minimum Gasteiger partial charge on any atom is -0.457 e. The first-order valence-corrected chi connectivity index (χ1v) is 13.8. The Morgan fingerprint density at radius 2 is 1.45 bits per heavy atom. The molecule has 0 aromatic heterocycles. The molecule has 10 nitrogen and oxygen atoms in total. The van der Waals surface area contributed by atoms with E-state index in [2.05, 4.69) is 17.4 Å². The van der Waals surface area contributed by atoms with E-state index in [1.165, 1.54) is 29.3 Å². The van der Waals surface area contributed by atoms with E-state index in [4.69, 9.17) is 14.2 Å². The summed E-state index contributed by atoms with van der Waals surface area (Å²) in [7, 11) is 0. The second kappa shape index (κ2) is 12.1. The van der Waals surface area contributed by atoms with Gasteiger partial charge in [-0.2, -0.15) is 0 Å². The number of anilines is 1. The molecule has 1 aliphatic rings. The van der Waals surface area contributed by atoms with Gasteiger partial charge in [-0.15, -0.1) is 0 Å². The zero-order chi connectivity index (χ0) is 30.7. The molecule has 0 unspecified atom stereocenters. The third kappa shape index (κ3) is 8.22. The number of nitrogens with one attached hydrogen (secondary N) is 1. The van der Waals surface area contributed by atoms with Crippen LogP contribution in [0.5, 0.6) is 11.5 Å². The minimum absolute atomic E-state index is 0.00625. The van der Waals surface area contributed by atoms with Crippen LogP contribution in [-0.4, -0.2) is 39.3 Å². The van der Waals surface area contributed by atoms with Crippen molar-refractivity contribution in [3.8, 4) is 11.5 Å². The summed E-state index contributed by atoms with van der Waals surface area (Å²) in [5, 5.41) is 14.1. The molecule has 42 heavy (non-hydrogen) atoms. The lowest BCUT2D eigenvalue weighted by Crippen LogP contribution is -2.43. The molecular weight excluding hydrogens is 538 g/mol. The van der Waals surface area contributed by atoms with Crippen molar-refractivity contribution < 1.29 is 28.7 Å². The van der Waals surface area contributed by atoms with Crippen molar-refractivity contribution in [2.45, 2.75) is 78.2 Å². The van der Waals surface area contributed by atoms with Crippen molar-refractivity contribution in [3.05, 3.63) is 93.5 Å². The molecule has 3 aromatic carbocycles. The van der Waals surface area contributed by atoms with Crippen molar-refractivity contribution in [2.75, 3.05) is 5.32 Å². The van der Waals surface area contributed by atoms with Crippen LogP contribution < -0.4 is 10.1 Å². The van der Waals surface area contributed by atoms with Crippen molar-refractivity contribution in [1.29, 1.82) is 0 Å². The molecule has 3 aromatic rings. The predicted octanol–water partition coefficient (Wildman–Crippen LogP) is 7.64. The average molecular weight is 576 g/mol. The number of benzene rings is 3. The topological polar surface area (TPSA) is 120 Å². The summed E-state index contributed by atoms with van der Waals surface area (Å²) < 4.78 is 16.8. The van der Waals surface area contributed by atoms with Gasteiger partial charge >= 0.3 is 12.2 Å². The van der Waals surface area contributed by atoms with Gasteiger partial charge in [0, 0.05) is 12.6 Å². The molecule has 0 spiro atoms. The lowest BCUT2D eigenvalue weighted by molar-refractivity contribution is -0.384. The molecule has 1 N–H and O–H groups in total. The number of rotatable bonds is 7. The number of nitrogens with zero attached hydrogens (tertiary/aromatic N) is 2. The number of carbonyl (C=O) groups is 2. The molecule has 2 amide bonds. The fourth-order valence-electron chi connectivity index (χ4n) is 4.66. The Morgan fingerprint density at radius 1 is 0.881 bits per heavy atom. The van der Waals surface area contributed by atoms with Gasteiger partial charge in [-0.3, -0.25) is 15.4 Å². The smallest absolute Gasteiger partial charge is 0.412 e. The van der Waals surface area contributed by atoms with E-state index in [0.29, 0.717) is 12.3 Å². The van der Waals surface area contributed by atoms with Gasteiger partial charge in [-0.25, -0.2) is 9.59 Å². The van der Waals surface area contributed by atoms with E-state index in [9.17, 15) is 19.7 Å². The van der Waals surface area contributed by atoms with Crippen molar-refractivity contribution in [3.63, 3.8) is 0 Å². The lowest BCUT2D eigenvalue weighted by Gasteiger charge is -2.31. The Bertz CT molecular complexity index is 1430. The Balaban J connectivity index is 1.47. The first-order chi connectivity index (χ1) is 19.7. The third-order valence-corrected chi connectivity index (χ3v) is 6.41. The summed E-state index contributed by atoms with van der Waals surface area (Å²) in [6.45, 7) is 11.0. The fourth-order valence-corrected chi connectivity index (χ4v) is 4.66. The van der Waals surface area contributed by atoms with Crippen molar-refractivity contribution in [1.82, 2.24) is 4.90 Å². The molecule has 10 heteroatoms. The number of nitro groups is 1. The zero-order valence-corrected chi connectivity index (χ0v) is 24.8. The van der Waals surface area contributed by atoms with Crippen LogP contribution in [0, 0.1) is 10.1 Å². The van der Waals surface area contributed by atoms with Crippen LogP contribution in [0.15, 0.2) is 66.7 Å². The molecule has 0 saturated heterocycles. The van der Waals surface area contributed by atoms with Gasteiger partial charge < -0.3 is 19.1 Å². The summed E-state index contributed by atoms with van der Waals surface area (Å²) in [4.78, 5) is 38.2. The van der Waals surface area contributed by atoms with Crippen LogP contribution >= 0.6 is 0 Å². The van der Waals surface area contributed by atoms with Crippen molar-refractivity contribution in [2.24, 2.45) is 0 Å². The van der Waals surface area contributed by atoms with Crippen LogP contribution in [0.1, 0.15) is 58.2 Å². The molecule has 1 aliphatic carbocycles. The summed E-state index contributed by atoms with van der Waals surface area (Å²) in [6.07, 6.45) is 0.354. The Hall–Kier alpha value is -4.60. The zero-order valence-electron chi connectivity index (χ0n) is 24.8. The Labute approximate surface area is 245 Å². The molecule has 0 atom stereocenters. The standard InChI is InChI=1S/C32H37N3O7/c1-31(2,3)41-29(36)33-27-16-15-26(19-28(27)35(38)39)40-25-13-11-21(12-14-25)20-34(30(37)42-32(4,5)6)24-17-22-9-7-8-10-23(22)18-24/h7-16,19,24H,17-18,20H2,1-6H3,(H,33,36). The fraction of sp³-hybridized carbons (Fsp3) is 0.375. The van der Waals surface area contributed by atoms with Crippen LogP contribution in [0.2, 0.25) is 0 Å². The van der Waals surface area contributed by atoms with Crippen molar-refractivity contribution >= 4 is 23.6 Å². The SMILES string of the molecule is CC(C)(C)OC(=O)Nc1ccc(Oc2ccc(CN(C(=O)OC(C)(C)C)C3Cc4ccccc4C3)cc2)cc1[N+](=O)[O-]. The van der Waals surface area contributed by atoms with Crippen LogP contribution in [0.25, 0.3) is 0 Å². The van der Waals surface area contributed by atoms with Crippen LogP contribution in [0.3, 0.4) is 0 Å². The number of carbonyl (C=O) groups excluding carboxylic acids is 2. The molecule has 4 rings (SSSR count). The van der Waals surface area contributed by atoms with Crippen LogP contribution in [-0.2, 0) is 28.9 Å². The maximum atomic E-state index is 13.2. The lowest BCUT2D eigenvalue weighted by atomic mass is 10.1. The second-order valence-corrected chi connectivity index (χ2v) is 12.2. The molecule has 0 heterocycles. The maximum Gasteiger partial charge on any atom is 0.412 e. The Kier molecular flexibility index (Phi) is 8.75. The highest BCUT2D eigenvalue weighted by atomic mass is 16.6. The van der Waals surface area contributed by atoms with E-state index < -0.39 is 22.2 Å². The third-order valence-electron chi connectivity index (χ3n) is 6.41. The van der Waals surface area contributed by atoms with Gasteiger partial charge in [0.1, 0.15) is 28.4 Å². The minimum atomic E-state index is -0.795. The van der Waals surface area contributed by atoms with Crippen LogP contribution in [0.4, 0.5) is 21.0 Å². The van der Waals surface area contributed by atoms with E-state index in [1.807, 2.05) is 45.0 Å². The van der Waals surface area contributed by atoms with Gasteiger partial charge in [0.25, 0.3) is 5.69 Å².